The molecule has 0 amide bonds. The van der Waals surface area contributed by atoms with Crippen LogP contribution in [0, 0.1) is 0 Å². The molecule has 0 unspecified atom stereocenters. The van der Waals surface area contributed by atoms with Crippen molar-refractivity contribution in [1.29, 1.82) is 0 Å². The van der Waals surface area contributed by atoms with Crippen molar-refractivity contribution in [3.05, 3.63) is 47.0 Å². The second-order valence-corrected chi connectivity index (χ2v) is 5.12. The van der Waals surface area contributed by atoms with E-state index in [1.807, 2.05) is 6.07 Å². The highest BCUT2D eigenvalue weighted by molar-refractivity contribution is 5.50. The van der Waals surface area contributed by atoms with Gasteiger partial charge >= 0.3 is 0 Å². The maximum absolute atomic E-state index is 5.87. The van der Waals surface area contributed by atoms with Gasteiger partial charge in [-0.2, -0.15) is 0 Å². The minimum absolute atomic E-state index is 0.533. The van der Waals surface area contributed by atoms with E-state index in [-0.39, 0.29) is 0 Å². The summed E-state index contributed by atoms with van der Waals surface area (Å²) in [5.41, 5.74) is 10.8. The Morgan fingerprint density at radius 2 is 2.32 bits per heavy atom. The van der Waals surface area contributed by atoms with Crippen LogP contribution in [0.2, 0.25) is 0 Å². The summed E-state index contributed by atoms with van der Waals surface area (Å²) in [7, 11) is 2.05. The summed E-state index contributed by atoms with van der Waals surface area (Å²) in [6.07, 6.45) is 6.91. The second-order valence-electron chi connectivity index (χ2n) is 5.12. The molecule has 2 aromatic rings. The highest BCUT2D eigenvalue weighted by Crippen LogP contribution is 2.27. The van der Waals surface area contributed by atoms with E-state index in [4.69, 9.17) is 15.1 Å². The zero-order valence-corrected chi connectivity index (χ0v) is 11.2. The molecule has 0 aromatic carbocycles. The van der Waals surface area contributed by atoms with Crippen molar-refractivity contribution < 1.29 is 4.42 Å². The van der Waals surface area contributed by atoms with Gasteiger partial charge < -0.3 is 15.1 Å². The average molecular weight is 257 g/mol. The summed E-state index contributed by atoms with van der Waals surface area (Å²) in [4.78, 5) is 6.96. The fourth-order valence-electron chi connectivity index (χ4n) is 2.72. The molecule has 0 atom stereocenters. The summed E-state index contributed by atoms with van der Waals surface area (Å²) in [6.45, 7) is 1.32. The zero-order chi connectivity index (χ0) is 13.2. The Labute approximate surface area is 113 Å². The normalized spacial score (nSPS) is 13.6. The number of aryl methyl sites for hydroxylation is 2. The van der Waals surface area contributed by atoms with E-state index in [0.717, 1.165) is 36.3 Å². The minimum Gasteiger partial charge on any atom is -0.472 e. The van der Waals surface area contributed by atoms with Gasteiger partial charge in [0.1, 0.15) is 5.82 Å². The van der Waals surface area contributed by atoms with E-state index >= 15 is 0 Å². The highest BCUT2D eigenvalue weighted by Gasteiger charge is 2.18. The quantitative estimate of drug-likeness (QED) is 0.912. The molecule has 3 rings (SSSR count). The number of nitrogens with two attached hydrogens (primary N) is 1. The number of pyridine rings is 1. The third-order valence-corrected chi connectivity index (χ3v) is 3.69. The lowest BCUT2D eigenvalue weighted by molar-refractivity contribution is 0.563. The van der Waals surface area contributed by atoms with E-state index in [2.05, 4.69) is 18.0 Å². The largest absolute Gasteiger partial charge is 0.472 e. The van der Waals surface area contributed by atoms with E-state index in [1.54, 1.807) is 12.5 Å². The first-order valence-corrected chi connectivity index (χ1v) is 6.72. The standard InChI is InChI=1S/C15H19N3O/c1-18(9-11-5-6-19-10-11)15-13(8-16)7-12-3-2-4-14(12)17-15/h5-7,10H,2-4,8-9,16H2,1H3. The van der Waals surface area contributed by atoms with Crippen molar-refractivity contribution in [2.75, 3.05) is 11.9 Å². The van der Waals surface area contributed by atoms with E-state index in [0.29, 0.717) is 6.54 Å². The van der Waals surface area contributed by atoms with E-state index < -0.39 is 0 Å². The number of fused-ring (bicyclic) bond motifs is 1. The molecule has 0 spiro atoms. The van der Waals surface area contributed by atoms with Crippen LogP contribution >= 0.6 is 0 Å². The predicted octanol–water partition coefficient (Wildman–Crippen LogP) is 2.26. The molecule has 0 fully saturated rings. The molecule has 0 saturated heterocycles. The van der Waals surface area contributed by atoms with Crippen molar-refractivity contribution in [3.63, 3.8) is 0 Å². The Morgan fingerprint density at radius 3 is 3.05 bits per heavy atom. The summed E-state index contributed by atoms with van der Waals surface area (Å²) in [5, 5.41) is 0. The van der Waals surface area contributed by atoms with Gasteiger partial charge in [0, 0.05) is 37.0 Å². The lowest BCUT2D eigenvalue weighted by atomic mass is 10.1. The van der Waals surface area contributed by atoms with Gasteiger partial charge in [0.05, 0.1) is 12.5 Å². The van der Waals surface area contributed by atoms with Gasteiger partial charge in [-0.25, -0.2) is 4.98 Å². The number of nitrogens with zero attached hydrogens (tertiary/aromatic N) is 2. The Morgan fingerprint density at radius 1 is 1.42 bits per heavy atom. The van der Waals surface area contributed by atoms with Crippen LogP contribution in [0.15, 0.2) is 29.1 Å². The maximum atomic E-state index is 5.87. The number of hydrogen-bond donors (Lipinski definition) is 1. The summed E-state index contributed by atoms with van der Waals surface area (Å²) < 4.78 is 5.11. The number of hydrogen-bond acceptors (Lipinski definition) is 4. The summed E-state index contributed by atoms with van der Waals surface area (Å²) in [5.74, 6) is 1.00. The fraction of sp³-hybridized carbons (Fsp3) is 0.400. The van der Waals surface area contributed by atoms with Crippen LogP contribution in [-0.4, -0.2) is 12.0 Å². The van der Waals surface area contributed by atoms with Crippen molar-refractivity contribution in [2.24, 2.45) is 5.73 Å². The van der Waals surface area contributed by atoms with Crippen LogP contribution in [0.25, 0.3) is 0 Å². The lowest BCUT2D eigenvalue weighted by Crippen LogP contribution is -2.21. The molecule has 19 heavy (non-hydrogen) atoms. The Kier molecular flexibility index (Phi) is 3.25. The predicted molar refractivity (Wildman–Crippen MR) is 75.0 cm³/mol. The molecule has 4 nitrogen and oxygen atoms in total. The first-order chi connectivity index (χ1) is 9.28. The molecule has 0 radical (unpaired) electrons. The van der Waals surface area contributed by atoms with Gasteiger partial charge in [-0.05, 0) is 37.0 Å². The Hall–Kier alpha value is -1.81. The molecule has 1 aliphatic rings. The summed E-state index contributed by atoms with van der Waals surface area (Å²) >= 11 is 0. The van der Waals surface area contributed by atoms with Gasteiger partial charge in [0.25, 0.3) is 0 Å². The SMILES string of the molecule is CN(Cc1ccoc1)c1nc2c(cc1CN)CCC2. The maximum Gasteiger partial charge on any atom is 0.133 e. The molecule has 2 N–H and O–H groups in total. The molecule has 1 aliphatic carbocycles. The molecular weight excluding hydrogens is 238 g/mol. The third-order valence-electron chi connectivity index (χ3n) is 3.69. The van der Waals surface area contributed by atoms with Crippen LogP contribution in [-0.2, 0) is 25.9 Å². The van der Waals surface area contributed by atoms with Gasteiger partial charge in [0.2, 0.25) is 0 Å². The molecule has 0 aliphatic heterocycles. The van der Waals surface area contributed by atoms with Crippen LogP contribution < -0.4 is 10.6 Å². The zero-order valence-electron chi connectivity index (χ0n) is 11.2. The average Bonchev–Trinajstić information content (AvgIpc) is 3.07. The molecule has 4 heteroatoms. The molecular formula is C15H19N3O. The highest BCUT2D eigenvalue weighted by atomic mass is 16.3. The van der Waals surface area contributed by atoms with Gasteiger partial charge in [-0.1, -0.05) is 0 Å². The van der Waals surface area contributed by atoms with Crippen molar-refractivity contribution in [3.8, 4) is 0 Å². The third kappa shape index (κ3) is 2.36. The van der Waals surface area contributed by atoms with Gasteiger partial charge in [0.15, 0.2) is 0 Å². The van der Waals surface area contributed by atoms with Crippen molar-refractivity contribution in [1.82, 2.24) is 4.98 Å². The first-order valence-electron chi connectivity index (χ1n) is 6.72. The smallest absolute Gasteiger partial charge is 0.133 e. The number of furan rings is 1. The Balaban J connectivity index is 1.90. The minimum atomic E-state index is 0.533. The van der Waals surface area contributed by atoms with Crippen LogP contribution in [0.1, 0.15) is 28.8 Å². The van der Waals surface area contributed by atoms with E-state index in [9.17, 15) is 0 Å². The number of rotatable bonds is 4. The van der Waals surface area contributed by atoms with Crippen LogP contribution in [0.4, 0.5) is 5.82 Å². The second kappa shape index (κ2) is 5.05. The topological polar surface area (TPSA) is 55.3 Å². The van der Waals surface area contributed by atoms with Crippen LogP contribution in [0.5, 0.6) is 0 Å². The molecule has 2 aromatic heterocycles. The monoisotopic (exact) mass is 257 g/mol. The van der Waals surface area contributed by atoms with Gasteiger partial charge in [-0.15, -0.1) is 0 Å². The molecule has 100 valence electrons. The van der Waals surface area contributed by atoms with Crippen molar-refractivity contribution in [2.45, 2.75) is 32.4 Å². The summed E-state index contributed by atoms with van der Waals surface area (Å²) in [6, 6.07) is 4.21. The molecule has 2 heterocycles. The number of anilines is 1. The van der Waals surface area contributed by atoms with Gasteiger partial charge in [-0.3, -0.25) is 0 Å². The Bertz CT molecular complexity index is 563. The molecule has 0 saturated carbocycles. The first kappa shape index (κ1) is 12.2. The lowest BCUT2D eigenvalue weighted by Gasteiger charge is -2.21. The number of aromatic nitrogens is 1. The molecule has 0 bridgehead atoms. The van der Waals surface area contributed by atoms with E-state index in [1.165, 1.54) is 17.7 Å². The van der Waals surface area contributed by atoms with Crippen molar-refractivity contribution >= 4 is 5.82 Å². The fourth-order valence-corrected chi connectivity index (χ4v) is 2.72. The van der Waals surface area contributed by atoms with Crippen LogP contribution in [0.3, 0.4) is 0 Å².